The first kappa shape index (κ1) is 18.2. The third-order valence-corrected chi connectivity index (χ3v) is 6.33. The van der Waals surface area contributed by atoms with Crippen LogP contribution in [0, 0.1) is 0 Å². The second-order valence-electron chi connectivity index (χ2n) is 5.89. The monoisotopic (exact) mass is 373 g/mol. The zero-order chi connectivity index (χ0) is 18.9. The Bertz CT molecular complexity index is 1100. The second kappa shape index (κ2) is 6.93. The summed E-state index contributed by atoms with van der Waals surface area (Å²) in [6.07, 6.45) is 0. The fraction of sp³-hybridized carbons (Fsp3) is 0.211. The van der Waals surface area contributed by atoms with Crippen LogP contribution in [0.3, 0.4) is 0 Å². The number of fused-ring (bicyclic) bond motifs is 1. The van der Waals surface area contributed by atoms with E-state index in [1.807, 2.05) is 18.2 Å². The molecule has 0 N–H and O–H groups in total. The highest BCUT2D eigenvalue weighted by molar-refractivity contribution is 7.89. The summed E-state index contributed by atoms with van der Waals surface area (Å²) in [4.78, 5) is 11.4. The standard InChI is InChI=1S/C19H19NO5S/c1-13(16-6-4-5-7-18(16)24-3)20(2)26(22,23)15-9-10-17-14(12-15)8-11-19(21)25-17/h4-13H,1-3H3. The Morgan fingerprint density at radius 2 is 1.81 bits per heavy atom. The Morgan fingerprint density at radius 3 is 2.54 bits per heavy atom. The number of ether oxygens (including phenoxy) is 1. The van der Waals surface area contributed by atoms with Gasteiger partial charge in [-0.3, -0.25) is 0 Å². The van der Waals surface area contributed by atoms with Crippen molar-refractivity contribution in [3.63, 3.8) is 0 Å². The zero-order valence-corrected chi connectivity index (χ0v) is 15.5. The van der Waals surface area contributed by atoms with Gasteiger partial charge in [-0.2, -0.15) is 4.31 Å². The van der Waals surface area contributed by atoms with E-state index < -0.39 is 21.7 Å². The molecular weight excluding hydrogens is 354 g/mol. The summed E-state index contributed by atoms with van der Waals surface area (Å²) in [5, 5.41) is 0.545. The van der Waals surface area contributed by atoms with Crippen molar-refractivity contribution in [2.24, 2.45) is 0 Å². The predicted molar refractivity (Wildman–Crippen MR) is 98.8 cm³/mol. The van der Waals surface area contributed by atoms with Crippen LogP contribution >= 0.6 is 0 Å². The average Bonchev–Trinajstić information content (AvgIpc) is 2.66. The number of para-hydroxylation sites is 1. The van der Waals surface area contributed by atoms with E-state index in [4.69, 9.17) is 9.15 Å². The summed E-state index contributed by atoms with van der Waals surface area (Å²) in [7, 11) is -0.673. The molecule has 0 fully saturated rings. The molecule has 6 nitrogen and oxygen atoms in total. The van der Waals surface area contributed by atoms with Gasteiger partial charge in [0.1, 0.15) is 11.3 Å². The lowest BCUT2D eigenvalue weighted by Gasteiger charge is -2.26. The van der Waals surface area contributed by atoms with Crippen LogP contribution in [0.2, 0.25) is 0 Å². The molecule has 1 unspecified atom stereocenters. The fourth-order valence-electron chi connectivity index (χ4n) is 2.79. The van der Waals surface area contributed by atoms with Crippen LogP contribution in [0.15, 0.2) is 68.7 Å². The molecule has 0 spiro atoms. The highest BCUT2D eigenvalue weighted by atomic mass is 32.2. The van der Waals surface area contributed by atoms with Crippen LogP contribution in [0.25, 0.3) is 11.0 Å². The molecule has 26 heavy (non-hydrogen) atoms. The van der Waals surface area contributed by atoms with Crippen molar-refractivity contribution < 1.29 is 17.6 Å². The first-order valence-electron chi connectivity index (χ1n) is 7.99. The largest absolute Gasteiger partial charge is 0.496 e. The minimum Gasteiger partial charge on any atom is -0.496 e. The lowest BCUT2D eigenvalue weighted by atomic mass is 10.1. The van der Waals surface area contributed by atoms with E-state index in [9.17, 15) is 13.2 Å². The van der Waals surface area contributed by atoms with Crippen LogP contribution in [0.5, 0.6) is 5.75 Å². The quantitative estimate of drug-likeness (QED) is 0.642. The Hall–Kier alpha value is -2.64. The first-order valence-corrected chi connectivity index (χ1v) is 9.43. The van der Waals surface area contributed by atoms with E-state index >= 15 is 0 Å². The van der Waals surface area contributed by atoms with Gasteiger partial charge in [0, 0.05) is 24.1 Å². The molecule has 1 atom stereocenters. The zero-order valence-electron chi connectivity index (χ0n) is 14.7. The van der Waals surface area contributed by atoms with Gasteiger partial charge in [0.25, 0.3) is 0 Å². The molecule has 0 aliphatic heterocycles. The van der Waals surface area contributed by atoms with E-state index in [0.29, 0.717) is 16.7 Å². The molecule has 3 rings (SSSR count). The third kappa shape index (κ3) is 3.23. The van der Waals surface area contributed by atoms with Crippen LogP contribution in [0.1, 0.15) is 18.5 Å². The normalized spacial score (nSPS) is 13.1. The van der Waals surface area contributed by atoms with E-state index in [0.717, 1.165) is 5.56 Å². The number of sulfonamides is 1. The van der Waals surface area contributed by atoms with Gasteiger partial charge in [0.2, 0.25) is 10.0 Å². The smallest absolute Gasteiger partial charge is 0.336 e. The maximum Gasteiger partial charge on any atom is 0.336 e. The van der Waals surface area contributed by atoms with Crippen molar-refractivity contribution in [3.05, 3.63) is 70.6 Å². The Kier molecular flexibility index (Phi) is 4.84. The summed E-state index contributed by atoms with van der Waals surface area (Å²) in [5.41, 5.74) is 0.639. The van der Waals surface area contributed by atoms with Crippen molar-refractivity contribution >= 4 is 21.0 Å². The van der Waals surface area contributed by atoms with E-state index in [-0.39, 0.29) is 4.90 Å². The molecule has 7 heteroatoms. The summed E-state index contributed by atoms with van der Waals surface area (Å²) < 4.78 is 37.8. The van der Waals surface area contributed by atoms with E-state index in [2.05, 4.69) is 0 Å². The lowest BCUT2D eigenvalue weighted by molar-refractivity contribution is 0.367. The molecule has 3 aromatic rings. The average molecular weight is 373 g/mol. The molecule has 2 aromatic carbocycles. The number of nitrogens with zero attached hydrogens (tertiary/aromatic N) is 1. The molecule has 0 bridgehead atoms. The minimum atomic E-state index is -3.75. The molecule has 1 heterocycles. The van der Waals surface area contributed by atoms with Gasteiger partial charge in [-0.15, -0.1) is 0 Å². The SMILES string of the molecule is COc1ccccc1C(C)N(C)S(=O)(=O)c1ccc2oc(=O)ccc2c1. The highest BCUT2D eigenvalue weighted by Crippen LogP contribution is 2.32. The molecule has 0 saturated carbocycles. The Labute approximate surface area is 151 Å². The van der Waals surface area contributed by atoms with Gasteiger partial charge in [-0.05, 0) is 37.3 Å². The number of hydrogen-bond donors (Lipinski definition) is 0. The molecule has 136 valence electrons. The predicted octanol–water partition coefficient (Wildman–Crippen LogP) is 3.18. The van der Waals surface area contributed by atoms with Crippen molar-refractivity contribution in [1.82, 2.24) is 4.31 Å². The van der Waals surface area contributed by atoms with Crippen molar-refractivity contribution in [2.75, 3.05) is 14.2 Å². The third-order valence-electron chi connectivity index (χ3n) is 4.40. The maximum absolute atomic E-state index is 13.0. The van der Waals surface area contributed by atoms with Gasteiger partial charge in [-0.1, -0.05) is 18.2 Å². The van der Waals surface area contributed by atoms with Crippen LogP contribution in [0.4, 0.5) is 0 Å². The fourth-order valence-corrected chi connectivity index (χ4v) is 4.17. The summed E-state index contributed by atoms with van der Waals surface area (Å²) in [6.45, 7) is 1.80. The topological polar surface area (TPSA) is 76.8 Å². The molecule has 1 aromatic heterocycles. The van der Waals surface area contributed by atoms with Gasteiger partial charge in [0.05, 0.1) is 18.0 Å². The highest BCUT2D eigenvalue weighted by Gasteiger charge is 2.28. The minimum absolute atomic E-state index is 0.128. The lowest BCUT2D eigenvalue weighted by Crippen LogP contribution is -2.30. The van der Waals surface area contributed by atoms with Crippen molar-refractivity contribution in [2.45, 2.75) is 17.9 Å². The Balaban J connectivity index is 2.01. The molecule has 0 saturated heterocycles. The summed E-state index contributed by atoms with van der Waals surface area (Å²) in [5.74, 6) is 0.627. The molecule has 0 aliphatic carbocycles. The molecule has 0 aliphatic rings. The van der Waals surface area contributed by atoms with Gasteiger partial charge < -0.3 is 9.15 Å². The van der Waals surface area contributed by atoms with Crippen LogP contribution < -0.4 is 10.4 Å². The van der Waals surface area contributed by atoms with Gasteiger partial charge >= 0.3 is 5.63 Å². The van der Waals surface area contributed by atoms with Gasteiger partial charge in [0.15, 0.2) is 0 Å². The van der Waals surface area contributed by atoms with E-state index in [1.54, 1.807) is 26.2 Å². The second-order valence-corrected chi connectivity index (χ2v) is 7.89. The summed E-state index contributed by atoms with van der Waals surface area (Å²) >= 11 is 0. The maximum atomic E-state index is 13.0. The van der Waals surface area contributed by atoms with Crippen molar-refractivity contribution in [3.8, 4) is 5.75 Å². The summed E-state index contributed by atoms with van der Waals surface area (Å²) in [6, 6.07) is 14.1. The number of benzene rings is 2. The molecule has 0 radical (unpaired) electrons. The van der Waals surface area contributed by atoms with Crippen LogP contribution in [-0.2, 0) is 10.0 Å². The number of methoxy groups -OCH3 is 1. The van der Waals surface area contributed by atoms with Crippen molar-refractivity contribution in [1.29, 1.82) is 0 Å². The van der Waals surface area contributed by atoms with Crippen LogP contribution in [-0.4, -0.2) is 26.9 Å². The van der Waals surface area contributed by atoms with E-state index in [1.165, 1.54) is 35.6 Å². The number of rotatable bonds is 5. The molecule has 0 amide bonds. The van der Waals surface area contributed by atoms with Gasteiger partial charge in [-0.25, -0.2) is 13.2 Å². The molecular formula is C19H19NO5S. The first-order chi connectivity index (χ1) is 12.3. The number of hydrogen-bond acceptors (Lipinski definition) is 5. The Morgan fingerprint density at radius 1 is 1.08 bits per heavy atom.